The summed E-state index contributed by atoms with van der Waals surface area (Å²) < 4.78 is 26.9. The van der Waals surface area contributed by atoms with Crippen molar-refractivity contribution in [3.05, 3.63) is 29.8 Å². The minimum atomic E-state index is -3.51. The van der Waals surface area contributed by atoms with Crippen molar-refractivity contribution in [1.29, 1.82) is 0 Å². The summed E-state index contributed by atoms with van der Waals surface area (Å²) in [6.45, 7) is 7.69. The smallest absolute Gasteiger partial charge is 0.243 e. The van der Waals surface area contributed by atoms with Crippen LogP contribution in [0.4, 0.5) is 0 Å². The predicted octanol–water partition coefficient (Wildman–Crippen LogP) is 1.24. The largest absolute Gasteiger partial charge is 0.340 e. The Bertz CT molecular complexity index is 663. The molecule has 1 heterocycles. The van der Waals surface area contributed by atoms with Crippen molar-refractivity contribution in [2.45, 2.75) is 31.6 Å². The molecule has 1 fully saturated rings. The summed E-state index contributed by atoms with van der Waals surface area (Å²) in [6, 6.07) is 7.05. The number of sulfonamides is 1. The summed E-state index contributed by atoms with van der Waals surface area (Å²) in [5, 5.41) is 0. The maximum Gasteiger partial charge on any atom is 0.243 e. The van der Waals surface area contributed by atoms with E-state index in [1.807, 2.05) is 12.1 Å². The van der Waals surface area contributed by atoms with E-state index in [1.54, 1.807) is 24.0 Å². The van der Waals surface area contributed by atoms with Crippen LogP contribution in [0.2, 0.25) is 0 Å². The number of carbonyl (C=O) groups excluding carboxylic acids is 1. The quantitative estimate of drug-likeness (QED) is 0.863. The van der Waals surface area contributed by atoms with Gasteiger partial charge in [-0.1, -0.05) is 32.9 Å². The van der Waals surface area contributed by atoms with Crippen LogP contribution in [0.15, 0.2) is 29.2 Å². The number of rotatable bonds is 5. The third-order valence-corrected chi connectivity index (χ3v) is 6.42. The predicted molar refractivity (Wildman–Crippen MR) is 94.1 cm³/mol. The molecule has 6 nitrogen and oxygen atoms in total. The van der Waals surface area contributed by atoms with Crippen LogP contribution < -0.4 is 5.73 Å². The third kappa shape index (κ3) is 3.96. The number of hydrogen-bond acceptors (Lipinski definition) is 4. The molecule has 1 aromatic rings. The highest BCUT2D eigenvalue weighted by Gasteiger charge is 2.31. The van der Waals surface area contributed by atoms with Gasteiger partial charge in [-0.25, -0.2) is 8.42 Å². The number of benzene rings is 1. The van der Waals surface area contributed by atoms with Crippen molar-refractivity contribution in [1.82, 2.24) is 9.21 Å². The second kappa shape index (κ2) is 7.63. The first kappa shape index (κ1) is 18.9. The molecule has 1 amide bonds. The zero-order chi connectivity index (χ0) is 17.9. The van der Waals surface area contributed by atoms with E-state index in [2.05, 4.69) is 13.8 Å². The fourth-order valence-electron chi connectivity index (χ4n) is 2.74. The van der Waals surface area contributed by atoms with Crippen LogP contribution in [0.3, 0.4) is 0 Å². The van der Waals surface area contributed by atoms with Crippen LogP contribution in [0.5, 0.6) is 0 Å². The van der Waals surface area contributed by atoms with Crippen LogP contribution in [-0.2, 0) is 14.8 Å². The van der Waals surface area contributed by atoms with Crippen LogP contribution in [-0.4, -0.2) is 56.3 Å². The fourth-order valence-corrected chi connectivity index (χ4v) is 4.16. The van der Waals surface area contributed by atoms with Crippen molar-refractivity contribution in [2.75, 3.05) is 32.7 Å². The number of hydrogen-bond donors (Lipinski definition) is 1. The van der Waals surface area contributed by atoms with Crippen LogP contribution in [0.1, 0.15) is 32.3 Å². The molecule has 2 rings (SSSR count). The molecule has 2 N–H and O–H groups in total. The Morgan fingerprint density at radius 1 is 1.08 bits per heavy atom. The minimum Gasteiger partial charge on any atom is -0.340 e. The van der Waals surface area contributed by atoms with Gasteiger partial charge in [0.1, 0.15) is 0 Å². The van der Waals surface area contributed by atoms with Crippen LogP contribution >= 0.6 is 0 Å². The van der Waals surface area contributed by atoms with Gasteiger partial charge in [-0.05, 0) is 23.6 Å². The lowest BCUT2D eigenvalue weighted by molar-refractivity contribution is -0.135. The molecule has 0 aromatic heterocycles. The zero-order valence-corrected chi connectivity index (χ0v) is 15.4. The van der Waals surface area contributed by atoms with Gasteiger partial charge in [-0.2, -0.15) is 4.31 Å². The van der Waals surface area contributed by atoms with E-state index in [-0.39, 0.29) is 11.8 Å². The maximum absolute atomic E-state index is 12.7. The van der Waals surface area contributed by atoms with E-state index in [1.165, 1.54) is 4.31 Å². The zero-order valence-electron chi connectivity index (χ0n) is 14.6. The summed E-state index contributed by atoms with van der Waals surface area (Å²) in [5.74, 6) is 0.133. The van der Waals surface area contributed by atoms with Gasteiger partial charge in [0.05, 0.1) is 4.90 Å². The average molecular weight is 353 g/mol. The van der Waals surface area contributed by atoms with Gasteiger partial charge in [-0.3, -0.25) is 4.79 Å². The molecule has 0 bridgehead atoms. The van der Waals surface area contributed by atoms with E-state index in [4.69, 9.17) is 5.73 Å². The molecule has 1 aliphatic rings. The Balaban J connectivity index is 2.06. The topological polar surface area (TPSA) is 83.7 Å². The first-order chi connectivity index (χ1) is 11.3. The van der Waals surface area contributed by atoms with Gasteiger partial charge >= 0.3 is 0 Å². The normalized spacial score (nSPS) is 18.0. The van der Waals surface area contributed by atoms with Gasteiger partial charge in [0.25, 0.3) is 0 Å². The monoisotopic (exact) mass is 353 g/mol. The molecule has 0 saturated carbocycles. The molecule has 7 heteroatoms. The molecular weight excluding hydrogens is 326 g/mol. The highest BCUT2D eigenvalue weighted by molar-refractivity contribution is 7.89. The molecule has 1 aliphatic heterocycles. The van der Waals surface area contributed by atoms with Gasteiger partial charge < -0.3 is 10.6 Å². The highest BCUT2D eigenvalue weighted by Crippen LogP contribution is 2.21. The van der Waals surface area contributed by atoms with Gasteiger partial charge in [0.2, 0.25) is 15.9 Å². The second-order valence-corrected chi connectivity index (χ2v) is 8.53. The average Bonchev–Trinajstić information content (AvgIpc) is 2.60. The molecule has 1 unspecified atom stereocenters. The molecule has 1 aromatic carbocycles. The first-order valence-electron chi connectivity index (χ1n) is 8.36. The van der Waals surface area contributed by atoms with Crippen LogP contribution in [0.25, 0.3) is 0 Å². The lowest BCUT2D eigenvalue weighted by Gasteiger charge is -2.35. The molecule has 134 valence electrons. The Hall–Kier alpha value is -1.44. The number of nitrogens with zero attached hydrogens (tertiary/aromatic N) is 2. The fraction of sp³-hybridized carbons (Fsp3) is 0.588. The van der Waals surface area contributed by atoms with Gasteiger partial charge in [-0.15, -0.1) is 0 Å². The van der Waals surface area contributed by atoms with Gasteiger partial charge in [0.15, 0.2) is 0 Å². The maximum atomic E-state index is 12.7. The lowest BCUT2D eigenvalue weighted by atomic mass is 10.0. The summed E-state index contributed by atoms with van der Waals surface area (Å²) in [7, 11) is -3.51. The van der Waals surface area contributed by atoms with Crippen molar-refractivity contribution in [2.24, 2.45) is 11.7 Å². The number of amides is 1. The first-order valence-corrected chi connectivity index (χ1v) is 9.80. The van der Waals surface area contributed by atoms with Gasteiger partial charge in [0, 0.05) is 38.6 Å². The minimum absolute atomic E-state index is 0.00386. The number of piperazine rings is 1. The molecule has 0 aliphatic carbocycles. The van der Waals surface area contributed by atoms with Crippen molar-refractivity contribution < 1.29 is 13.2 Å². The van der Waals surface area contributed by atoms with Crippen LogP contribution in [0, 0.1) is 5.92 Å². The van der Waals surface area contributed by atoms with E-state index < -0.39 is 10.0 Å². The van der Waals surface area contributed by atoms with Crippen molar-refractivity contribution in [3.8, 4) is 0 Å². The summed E-state index contributed by atoms with van der Waals surface area (Å²) in [5.41, 5.74) is 6.64. The summed E-state index contributed by atoms with van der Waals surface area (Å²) >= 11 is 0. The Labute approximate surface area is 144 Å². The molecule has 0 spiro atoms. The highest BCUT2D eigenvalue weighted by atomic mass is 32.2. The standard InChI is InChI=1S/C17H27N3O3S/c1-13(2)15-4-6-16(7-5-15)24(22,23)20-10-8-19(9-11-20)17(21)14(3)12-18/h4-7,13-14H,8-12,18H2,1-3H3. The Morgan fingerprint density at radius 3 is 2.08 bits per heavy atom. The van der Waals surface area contributed by atoms with E-state index in [0.29, 0.717) is 43.5 Å². The van der Waals surface area contributed by atoms with Crippen molar-refractivity contribution >= 4 is 15.9 Å². The second-order valence-electron chi connectivity index (χ2n) is 6.59. The van der Waals surface area contributed by atoms with E-state index >= 15 is 0 Å². The lowest BCUT2D eigenvalue weighted by Crippen LogP contribution is -2.52. The van der Waals surface area contributed by atoms with Crippen molar-refractivity contribution in [3.63, 3.8) is 0 Å². The molecule has 0 radical (unpaired) electrons. The summed E-state index contributed by atoms with van der Waals surface area (Å²) in [4.78, 5) is 14.1. The molecular formula is C17H27N3O3S. The Kier molecular flexibility index (Phi) is 6.01. The third-order valence-electron chi connectivity index (χ3n) is 4.51. The van der Waals surface area contributed by atoms with E-state index in [9.17, 15) is 13.2 Å². The Morgan fingerprint density at radius 2 is 1.62 bits per heavy atom. The number of nitrogens with two attached hydrogens (primary N) is 1. The molecule has 24 heavy (non-hydrogen) atoms. The molecule has 1 saturated heterocycles. The SMILES string of the molecule is CC(CN)C(=O)N1CCN(S(=O)(=O)c2ccc(C(C)C)cc2)CC1. The molecule has 1 atom stereocenters. The number of carbonyl (C=O) groups is 1. The summed E-state index contributed by atoms with van der Waals surface area (Å²) in [6.07, 6.45) is 0. The van der Waals surface area contributed by atoms with E-state index in [0.717, 1.165) is 5.56 Å².